The van der Waals surface area contributed by atoms with Gasteiger partial charge in [-0.05, 0) is 6.92 Å². The molecule has 0 aromatic carbocycles. The highest BCUT2D eigenvalue weighted by molar-refractivity contribution is 6.08. The first kappa shape index (κ1) is 9.45. The van der Waals surface area contributed by atoms with Crippen LogP contribution in [0.1, 0.15) is 21.7 Å². The van der Waals surface area contributed by atoms with E-state index in [2.05, 4.69) is 20.3 Å². The Bertz CT molecular complexity index is 505. The van der Waals surface area contributed by atoms with Gasteiger partial charge in [-0.2, -0.15) is 0 Å². The summed E-state index contributed by atoms with van der Waals surface area (Å²) >= 11 is 0. The van der Waals surface area contributed by atoms with Crippen LogP contribution in [0.3, 0.4) is 0 Å². The maximum Gasteiger partial charge on any atom is 0.216 e. The number of aryl methyl sites for hydroxylation is 2. The molecule has 6 heteroatoms. The molecule has 0 fully saturated rings. The first-order valence-electron chi connectivity index (χ1n) is 4.36. The molecule has 76 valence electrons. The summed E-state index contributed by atoms with van der Waals surface area (Å²) in [6.45, 7) is 1.76. The Labute approximate surface area is 86.0 Å². The van der Waals surface area contributed by atoms with Crippen molar-refractivity contribution < 1.29 is 4.79 Å². The van der Waals surface area contributed by atoms with Gasteiger partial charge >= 0.3 is 0 Å². The van der Waals surface area contributed by atoms with Gasteiger partial charge in [0, 0.05) is 13.2 Å². The van der Waals surface area contributed by atoms with Crippen LogP contribution in [-0.2, 0) is 7.05 Å². The van der Waals surface area contributed by atoms with E-state index in [0.29, 0.717) is 17.0 Å². The number of carbonyl (C=O) groups excluding carboxylic acids is 1. The molecule has 0 aliphatic carbocycles. The van der Waals surface area contributed by atoms with Gasteiger partial charge in [-0.25, -0.2) is 14.6 Å². The van der Waals surface area contributed by atoms with Gasteiger partial charge in [0.15, 0.2) is 0 Å². The van der Waals surface area contributed by atoms with Crippen molar-refractivity contribution in [2.45, 2.75) is 6.92 Å². The molecule has 2 aromatic heterocycles. The summed E-state index contributed by atoms with van der Waals surface area (Å²) in [6, 6.07) is 0. The Morgan fingerprint density at radius 1 is 1.40 bits per heavy atom. The summed E-state index contributed by atoms with van der Waals surface area (Å²) in [4.78, 5) is 19.8. The maximum absolute atomic E-state index is 12.0. The number of ketones is 1. The molecule has 0 N–H and O–H groups in total. The second kappa shape index (κ2) is 3.56. The van der Waals surface area contributed by atoms with E-state index in [1.54, 1.807) is 14.0 Å². The van der Waals surface area contributed by atoms with Crippen molar-refractivity contribution in [3.63, 3.8) is 0 Å². The van der Waals surface area contributed by atoms with Crippen molar-refractivity contribution in [3.05, 3.63) is 35.7 Å². The minimum absolute atomic E-state index is 0.166. The molecule has 2 aromatic rings. The summed E-state index contributed by atoms with van der Waals surface area (Å²) in [5.41, 5.74) is 1.55. The minimum Gasteiger partial charge on any atom is -0.287 e. The third-order valence-electron chi connectivity index (χ3n) is 2.10. The average molecular weight is 203 g/mol. The number of hydrogen-bond donors (Lipinski definition) is 0. The van der Waals surface area contributed by atoms with E-state index in [-0.39, 0.29) is 5.78 Å². The lowest BCUT2D eigenvalue weighted by atomic mass is 10.1. The zero-order valence-electron chi connectivity index (χ0n) is 8.38. The molecular formula is C9H9N5O. The van der Waals surface area contributed by atoms with Crippen LogP contribution in [0.25, 0.3) is 0 Å². The quantitative estimate of drug-likeness (QED) is 0.649. The van der Waals surface area contributed by atoms with Gasteiger partial charge < -0.3 is 0 Å². The zero-order chi connectivity index (χ0) is 10.8. The van der Waals surface area contributed by atoms with Crippen molar-refractivity contribution in [2.75, 3.05) is 0 Å². The fourth-order valence-corrected chi connectivity index (χ4v) is 1.25. The Hall–Kier alpha value is -2.11. The molecule has 6 nitrogen and oxygen atoms in total. The second-order valence-electron chi connectivity index (χ2n) is 3.09. The molecule has 0 atom stereocenters. The number of carbonyl (C=O) groups is 1. The first-order valence-corrected chi connectivity index (χ1v) is 4.36. The van der Waals surface area contributed by atoms with E-state index in [1.807, 2.05) is 0 Å². The van der Waals surface area contributed by atoms with Crippen LogP contribution in [0.15, 0.2) is 18.7 Å². The molecule has 0 unspecified atom stereocenters. The highest BCUT2D eigenvalue weighted by Gasteiger charge is 2.16. The molecule has 15 heavy (non-hydrogen) atoms. The lowest BCUT2D eigenvalue weighted by Crippen LogP contribution is -2.10. The fraction of sp³-hybridized carbons (Fsp3) is 0.222. The van der Waals surface area contributed by atoms with Crippen LogP contribution >= 0.6 is 0 Å². The molecule has 0 aliphatic heterocycles. The van der Waals surface area contributed by atoms with Gasteiger partial charge in [0.2, 0.25) is 5.78 Å². The van der Waals surface area contributed by atoms with Crippen molar-refractivity contribution >= 4 is 5.78 Å². The van der Waals surface area contributed by atoms with Gasteiger partial charge in [-0.1, -0.05) is 5.21 Å². The summed E-state index contributed by atoms with van der Waals surface area (Å²) in [7, 11) is 1.67. The van der Waals surface area contributed by atoms with Crippen LogP contribution < -0.4 is 0 Å². The molecule has 2 rings (SSSR count). The predicted molar refractivity (Wildman–Crippen MR) is 51.2 cm³/mol. The molecule has 0 bridgehead atoms. The lowest BCUT2D eigenvalue weighted by Gasteiger charge is -2.01. The SMILES string of the molecule is Cc1ncncc1C(=O)c1cnnn1C. The van der Waals surface area contributed by atoms with E-state index >= 15 is 0 Å². The normalized spacial score (nSPS) is 10.3. The number of nitrogens with zero attached hydrogens (tertiary/aromatic N) is 5. The molecule has 0 radical (unpaired) electrons. The number of hydrogen-bond acceptors (Lipinski definition) is 5. The monoisotopic (exact) mass is 203 g/mol. The van der Waals surface area contributed by atoms with Crippen molar-refractivity contribution in [1.29, 1.82) is 0 Å². The van der Waals surface area contributed by atoms with Crippen molar-refractivity contribution in [1.82, 2.24) is 25.0 Å². The van der Waals surface area contributed by atoms with Gasteiger partial charge in [0.25, 0.3) is 0 Å². The highest BCUT2D eigenvalue weighted by Crippen LogP contribution is 2.08. The summed E-state index contributed by atoms with van der Waals surface area (Å²) in [6.07, 6.45) is 4.33. The van der Waals surface area contributed by atoms with Crippen LogP contribution in [-0.4, -0.2) is 30.7 Å². The number of aromatic nitrogens is 5. The molecule has 2 heterocycles. The van der Waals surface area contributed by atoms with E-state index in [1.165, 1.54) is 23.4 Å². The van der Waals surface area contributed by atoms with Crippen LogP contribution in [0.5, 0.6) is 0 Å². The predicted octanol–water partition coefficient (Wildman–Crippen LogP) is 0.145. The van der Waals surface area contributed by atoms with E-state index in [0.717, 1.165) is 0 Å². The third kappa shape index (κ3) is 1.61. The van der Waals surface area contributed by atoms with Crippen molar-refractivity contribution in [2.24, 2.45) is 7.05 Å². The first-order chi connectivity index (χ1) is 7.20. The standard InChI is InChI=1S/C9H9N5O/c1-6-7(3-10-5-11-6)9(15)8-4-12-13-14(8)2/h3-5H,1-2H3. The fourth-order valence-electron chi connectivity index (χ4n) is 1.25. The second-order valence-corrected chi connectivity index (χ2v) is 3.09. The summed E-state index contributed by atoms with van der Waals surface area (Å²) < 4.78 is 1.43. The molecule has 0 aliphatic rings. The van der Waals surface area contributed by atoms with Crippen LogP contribution in [0, 0.1) is 6.92 Å². The summed E-state index contributed by atoms with van der Waals surface area (Å²) in [5.74, 6) is -0.166. The molecule has 0 amide bonds. The van der Waals surface area contributed by atoms with Crippen LogP contribution in [0.4, 0.5) is 0 Å². The van der Waals surface area contributed by atoms with Gasteiger partial charge in [-0.3, -0.25) is 4.79 Å². The van der Waals surface area contributed by atoms with Gasteiger partial charge in [-0.15, -0.1) is 5.10 Å². The Morgan fingerprint density at radius 3 is 2.80 bits per heavy atom. The van der Waals surface area contributed by atoms with Crippen molar-refractivity contribution in [3.8, 4) is 0 Å². The molecular weight excluding hydrogens is 194 g/mol. The number of rotatable bonds is 2. The lowest BCUT2D eigenvalue weighted by molar-refractivity contribution is 0.102. The topological polar surface area (TPSA) is 73.6 Å². The highest BCUT2D eigenvalue weighted by atomic mass is 16.1. The molecule has 0 spiro atoms. The smallest absolute Gasteiger partial charge is 0.216 e. The molecule has 0 saturated carbocycles. The Morgan fingerprint density at radius 2 is 2.20 bits per heavy atom. The minimum atomic E-state index is -0.166. The Kier molecular flexibility index (Phi) is 2.24. The zero-order valence-corrected chi connectivity index (χ0v) is 8.38. The van der Waals surface area contributed by atoms with E-state index < -0.39 is 0 Å². The largest absolute Gasteiger partial charge is 0.287 e. The Balaban J connectivity index is 2.46. The van der Waals surface area contributed by atoms with Crippen LogP contribution in [0.2, 0.25) is 0 Å². The van der Waals surface area contributed by atoms with Gasteiger partial charge in [0.1, 0.15) is 12.0 Å². The average Bonchev–Trinajstić information content (AvgIpc) is 2.64. The maximum atomic E-state index is 12.0. The van der Waals surface area contributed by atoms with Gasteiger partial charge in [0.05, 0.1) is 17.5 Å². The summed E-state index contributed by atoms with van der Waals surface area (Å²) in [5, 5.41) is 7.35. The van der Waals surface area contributed by atoms with E-state index in [4.69, 9.17) is 0 Å². The third-order valence-corrected chi connectivity index (χ3v) is 2.10. The van der Waals surface area contributed by atoms with E-state index in [9.17, 15) is 4.79 Å². The molecule has 0 saturated heterocycles.